The van der Waals surface area contributed by atoms with Gasteiger partial charge in [-0.05, 0) is 18.7 Å². The summed E-state index contributed by atoms with van der Waals surface area (Å²) in [4.78, 5) is 11.8. The Hall–Kier alpha value is -2.35. The van der Waals surface area contributed by atoms with Crippen LogP contribution in [0.25, 0.3) is 0 Å². The predicted molar refractivity (Wildman–Crippen MR) is 72.4 cm³/mol. The van der Waals surface area contributed by atoms with Crippen LogP contribution >= 0.6 is 0 Å². The van der Waals surface area contributed by atoms with Crippen molar-refractivity contribution in [2.75, 3.05) is 11.9 Å². The van der Waals surface area contributed by atoms with Crippen LogP contribution in [-0.4, -0.2) is 27.4 Å². The van der Waals surface area contributed by atoms with E-state index in [2.05, 4.69) is 20.9 Å². The van der Waals surface area contributed by atoms with E-state index in [9.17, 15) is 13.6 Å². The minimum absolute atomic E-state index is 0.0574. The number of amides is 1. The second-order valence-electron chi connectivity index (χ2n) is 4.36. The molecule has 21 heavy (non-hydrogen) atoms. The molecule has 0 saturated heterocycles. The van der Waals surface area contributed by atoms with E-state index >= 15 is 0 Å². The molecule has 2 N–H and O–H groups in total. The monoisotopic (exact) mass is 295 g/mol. The molecule has 0 bridgehead atoms. The number of rotatable bonds is 6. The van der Waals surface area contributed by atoms with E-state index in [0.717, 1.165) is 24.4 Å². The molecule has 1 amide bonds. The maximum Gasteiger partial charge on any atom is 0.246 e. The zero-order chi connectivity index (χ0) is 15.2. The number of benzene rings is 1. The Labute approximate surface area is 120 Å². The summed E-state index contributed by atoms with van der Waals surface area (Å²) < 4.78 is 27.2. The maximum absolute atomic E-state index is 13.0. The van der Waals surface area contributed by atoms with E-state index in [-0.39, 0.29) is 12.2 Å². The molecular formula is C13H15F2N5O. The molecule has 1 heterocycles. The van der Waals surface area contributed by atoms with Crippen molar-refractivity contribution in [1.29, 1.82) is 0 Å². The summed E-state index contributed by atoms with van der Waals surface area (Å²) in [7, 11) is 0. The first-order chi connectivity index (χ1) is 10.1. The van der Waals surface area contributed by atoms with E-state index in [1.807, 2.05) is 6.92 Å². The fraction of sp³-hybridized carbons (Fsp3) is 0.308. The molecule has 0 radical (unpaired) electrons. The zero-order valence-electron chi connectivity index (χ0n) is 11.4. The van der Waals surface area contributed by atoms with Crippen molar-refractivity contribution in [3.05, 3.63) is 41.7 Å². The SMILES string of the molecule is CCNCc1cn(CC(=O)Nc2ccc(F)c(F)c2)nn1. The van der Waals surface area contributed by atoms with Gasteiger partial charge in [-0.3, -0.25) is 4.79 Å². The summed E-state index contributed by atoms with van der Waals surface area (Å²) >= 11 is 0. The number of nitrogens with zero attached hydrogens (tertiary/aromatic N) is 3. The van der Waals surface area contributed by atoms with E-state index in [1.165, 1.54) is 10.7 Å². The molecule has 2 aromatic rings. The number of carbonyl (C=O) groups excluding carboxylic acids is 1. The van der Waals surface area contributed by atoms with Gasteiger partial charge in [-0.15, -0.1) is 5.10 Å². The van der Waals surface area contributed by atoms with Crippen molar-refractivity contribution in [2.24, 2.45) is 0 Å². The van der Waals surface area contributed by atoms with Crippen LogP contribution in [0.1, 0.15) is 12.6 Å². The van der Waals surface area contributed by atoms with Crippen LogP contribution in [0.5, 0.6) is 0 Å². The Morgan fingerprint density at radius 2 is 2.14 bits per heavy atom. The van der Waals surface area contributed by atoms with E-state index < -0.39 is 17.5 Å². The lowest BCUT2D eigenvalue weighted by Gasteiger charge is -2.05. The highest BCUT2D eigenvalue weighted by molar-refractivity contribution is 5.90. The van der Waals surface area contributed by atoms with Gasteiger partial charge >= 0.3 is 0 Å². The standard InChI is InChI=1S/C13H15F2N5O/c1-2-16-6-10-7-20(19-18-10)8-13(21)17-9-3-4-11(14)12(15)5-9/h3-5,7,16H,2,6,8H2,1H3,(H,17,21). The molecule has 0 unspecified atom stereocenters. The normalized spacial score (nSPS) is 10.6. The van der Waals surface area contributed by atoms with Crippen LogP contribution < -0.4 is 10.6 Å². The second kappa shape index (κ2) is 6.89. The van der Waals surface area contributed by atoms with Crippen molar-refractivity contribution in [2.45, 2.75) is 20.0 Å². The molecule has 0 aliphatic heterocycles. The molecule has 0 saturated carbocycles. The summed E-state index contributed by atoms with van der Waals surface area (Å²) in [5, 5.41) is 13.3. The molecule has 112 valence electrons. The predicted octanol–water partition coefficient (Wildman–Crippen LogP) is 1.30. The van der Waals surface area contributed by atoms with Gasteiger partial charge in [0.2, 0.25) is 5.91 Å². The summed E-state index contributed by atoms with van der Waals surface area (Å²) in [5.74, 6) is -2.38. The molecule has 8 heteroatoms. The van der Waals surface area contributed by atoms with Crippen molar-refractivity contribution in [3.63, 3.8) is 0 Å². The number of halogens is 2. The topological polar surface area (TPSA) is 71.8 Å². The lowest BCUT2D eigenvalue weighted by Crippen LogP contribution is -2.19. The molecule has 0 aliphatic rings. The van der Waals surface area contributed by atoms with Crippen LogP contribution in [0.2, 0.25) is 0 Å². The second-order valence-corrected chi connectivity index (χ2v) is 4.36. The molecule has 0 aliphatic carbocycles. The van der Waals surface area contributed by atoms with Gasteiger partial charge in [0.15, 0.2) is 11.6 Å². The van der Waals surface area contributed by atoms with E-state index in [4.69, 9.17) is 0 Å². The third-order valence-electron chi connectivity index (χ3n) is 2.65. The van der Waals surface area contributed by atoms with Gasteiger partial charge in [0, 0.05) is 18.3 Å². The summed E-state index contributed by atoms with van der Waals surface area (Å²) in [6.45, 7) is 3.29. The van der Waals surface area contributed by atoms with Crippen LogP contribution in [0.4, 0.5) is 14.5 Å². The number of hydrogen-bond donors (Lipinski definition) is 2. The molecule has 0 spiro atoms. The molecule has 6 nitrogen and oxygen atoms in total. The largest absolute Gasteiger partial charge is 0.324 e. The van der Waals surface area contributed by atoms with Gasteiger partial charge in [0.1, 0.15) is 6.54 Å². The first-order valence-corrected chi connectivity index (χ1v) is 6.43. The smallest absolute Gasteiger partial charge is 0.246 e. The fourth-order valence-corrected chi connectivity index (χ4v) is 1.67. The van der Waals surface area contributed by atoms with Gasteiger partial charge in [0.25, 0.3) is 0 Å². The Morgan fingerprint density at radius 1 is 1.33 bits per heavy atom. The average Bonchev–Trinajstić information content (AvgIpc) is 2.88. The molecule has 2 rings (SSSR count). The Kier molecular flexibility index (Phi) is 4.94. The van der Waals surface area contributed by atoms with Crippen molar-refractivity contribution < 1.29 is 13.6 Å². The van der Waals surface area contributed by atoms with Gasteiger partial charge in [0.05, 0.1) is 11.9 Å². The molecular weight excluding hydrogens is 280 g/mol. The van der Waals surface area contributed by atoms with Crippen molar-refractivity contribution >= 4 is 11.6 Å². The lowest BCUT2D eigenvalue weighted by molar-refractivity contribution is -0.116. The average molecular weight is 295 g/mol. The highest BCUT2D eigenvalue weighted by Crippen LogP contribution is 2.13. The third kappa shape index (κ3) is 4.32. The Balaban J connectivity index is 1.91. The molecule has 1 aromatic carbocycles. The summed E-state index contributed by atoms with van der Waals surface area (Å²) in [6, 6.07) is 3.16. The van der Waals surface area contributed by atoms with Crippen LogP contribution in [-0.2, 0) is 17.9 Å². The van der Waals surface area contributed by atoms with Gasteiger partial charge in [-0.2, -0.15) is 0 Å². The van der Waals surface area contributed by atoms with Gasteiger partial charge < -0.3 is 10.6 Å². The zero-order valence-corrected chi connectivity index (χ0v) is 11.4. The number of hydrogen-bond acceptors (Lipinski definition) is 4. The molecule has 0 fully saturated rings. The Bertz CT molecular complexity index is 629. The summed E-state index contributed by atoms with van der Waals surface area (Å²) in [5.41, 5.74) is 0.907. The molecule has 1 aromatic heterocycles. The van der Waals surface area contributed by atoms with Gasteiger partial charge in [-0.25, -0.2) is 13.5 Å². The Morgan fingerprint density at radius 3 is 2.86 bits per heavy atom. The lowest BCUT2D eigenvalue weighted by atomic mass is 10.3. The van der Waals surface area contributed by atoms with Crippen molar-refractivity contribution in [1.82, 2.24) is 20.3 Å². The molecule has 0 atom stereocenters. The highest BCUT2D eigenvalue weighted by Gasteiger charge is 2.08. The van der Waals surface area contributed by atoms with Crippen LogP contribution in [0.3, 0.4) is 0 Å². The quantitative estimate of drug-likeness (QED) is 0.843. The number of carbonyl (C=O) groups is 1. The number of nitrogens with one attached hydrogen (secondary N) is 2. The highest BCUT2D eigenvalue weighted by atomic mass is 19.2. The van der Waals surface area contributed by atoms with Crippen LogP contribution in [0.15, 0.2) is 24.4 Å². The van der Waals surface area contributed by atoms with E-state index in [1.54, 1.807) is 6.20 Å². The minimum Gasteiger partial charge on any atom is -0.324 e. The number of anilines is 1. The minimum atomic E-state index is -1.01. The first kappa shape index (κ1) is 15.0. The first-order valence-electron chi connectivity index (χ1n) is 6.43. The van der Waals surface area contributed by atoms with Gasteiger partial charge in [-0.1, -0.05) is 12.1 Å². The summed E-state index contributed by atoms with van der Waals surface area (Å²) in [6.07, 6.45) is 1.65. The van der Waals surface area contributed by atoms with Crippen molar-refractivity contribution in [3.8, 4) is 0 Å². The third-order valence-corrected chi connectivity index (χ3v) is 2.65. The van der Waals surface area contributed by atoms with E-state index in [0.29, 0.717) is 6.54 Å². The maximum atomic E-state index is 13.0. The fourth-order valence-electron chi connectivity index (χ4n) is 1.67. The van der Waals surface area contributed by atoms with Crippen LogP contribution in [0, 0.1) is 11.6 Å². The number of aromatic nitrogens is 3.